The van der Waals surface area contributed by atoms with E-state index in [4.69, 9.17) is 17.3 Å². The Hall–Kier alpha value is -0.570. The second-order valence-electron chi connectivity index (χ2n) is 5.16. The first-order valence-corrected chi connectivity index (χ1v) is 6.21. The molecule has 1 aromatic rings. The van der Waals surface area contributed by atoms with Crippen molar-refractivity contribution in [2.75, 3.05) is 26.7 Å². The highest BCUT2D eigenvalue weighted by atomic mass is 35.5. The fourth-order valence-electron chi connectivity index (χ4n) is 3.58. The summed E-state index contributed by atoms with van der Waals surface area (Å²) >= 11 is 6.31. The van der Waals surface area contributed by atoms with Gasteiger partial charge in [0.15, 0.2) is 0 Å². The summed E-state index contributed by atoms with van der Waals surface area (Å²) in [5.41, 5.74) is 7.47. The quantitative estimate of drug-likeness (QED) is 0.848. The van der Waals surface area contributed by atoms with E-state index in [-0.39, 0.29) is 5.41 Å². The van der Waals surface area contributed by atoms with Crippen LogP contribution in [0.5, 0.6) is 0 Å². The lowest BCUT2D eigenvalue weighted by Crippen LogP contribution is -2.33. The monoisotopic (exact) mass is 236 g/mol. The number of halogens is 1. The van der Waals surface area contributed by atoms with Crippen LogP contribution in [0, 0.1) is 11.8 Å². The lowest BCUT2D eigenvalue weighted by atomic mass is 9.90. The van der Waals surface area contributed by atoms with Crippen LogP contribution in [0.1, 0.15) is 5.56 Å². The Morgan fingerprint density at radius 2 is 2.00 bits per heavy atom. The number of hydrogen-bond acceptors (Lipinski definition) is 2. The molecule has 3 heteroatoms. The van der Waals surface area contributed by atoms with Gasteiger partial charge in [0.25, 0.3) is 0 Å². The molecule has 0 spiro atoms. The van der Waals surface area contributed by atoms with E-state index in [1.807, 2.05) is 12.1 Å². The van der Waals surface area contributed by atoms with Crippen LogP contribution < -0.4 is 5.73 Å². The molecule has 1 aromatic carbocycles. The summed E-state index contributed by atoms with van der Waals surface area (Å²) in [7, 11) is 2.18. The van der Waals surface area contributed by atoms with Crippen molar-refractivity contribution in [2.24, 2.45) is 17.6 Å². The Balaban J connectivity index is 1.98. The highest BCUT2D eigenvalue weighted by molar-refractivity contribution is 6.31. The third-order valence-electron chi connectivity index (χ3n) is 4.43. The smallest absolute Gasteiger partial charge is 0.0444 e. The predicted molar refractivity (Wildman–Crippen MR) is 66.7 cm³/mol. The Labute approximate surface area is 101 Å². The van der Waals surface area contributed by atoms with Gasteiger partial charge in [0.1, 0.15) is 0 Å². The molecule has 0 bridgehead atoms. The van der Waals surface area contributed by atoms with Crippen molar-refractivity contribution in [1.82, 2.24) is 4.90 Å². The molecule has 3 rings (SSSR count). The van der Waals surface area contributed by atoms with Crippen molar-refractivity contribution < 1.29 is 0 Å². The van der Waals surface area contributed by atoms with Crippen LogP contribution in [0.15, 0.2) is 24.3 Å². The first kappa shape index (κ1) is 10.6. The topological polar surface area (TPSA) is 29.3 Å². The van der Waals surface area contributed by atoms with Crippen molar-refractivity contribution in [3.8, 4) is 0 Å². The molecule has 1 saturated carbocycles. The molecule has 2 nitrogen and oxygen atoms in total. The van der Waals surface area contributed by atoms with E-state index in [9.17, 15) is 0 Å². The van der Waals surface area contributed by atoms with Gasteiger partial charge in [0, 0.05) is 30.1 Å². The molecule has 2 fully saturated rings. The summed E-state index contributed by atoms with van der Waals surface area (Å²) in [4.78, 5) is 2.39. The van der Waals surface area contributed by atoms with E-state index in [1.54, 1.807) is 0 Å². The fourth-order valence-corrected chi connectivity index (χ4v) is 3.89. The lowest BCUT2D eigenvalue weighted by Gasteiger charge is -2.24. The van der Waals surface area contributed by atoms with Gasteiger partial charge in [-0.3, -0.25) is 0 Å². The number of nitrogens with two attached hydrogens (primary N) is 1. The molecule has 86 valence electrons. The standard InChI is InChI=1S/C13H17ClN2/c1-16-6-10-11(7-16)13(10,8-15)9-4-2-3-5-12(9)14/h2-5,10-11H,6-8,15H2,1H3. The van der Waals surface area contributed by atoms with E-state index < -0.39 is 0 Å². The number of likely N-dealkylation sites (tertiary alicyclic amines) is 1. The van der Waals surface area contributed by atoms with Gasteiger partial charge in [-0.05, 0) is 30.5 Å². The number of hydrogen-bond donors (Lipinski definition) is 1. The van der Waals surface area contributed by atoms with Crippen molar-refractivity contribution in [1.29, 1.82) is 0 Å². The Bertz CT molecular complexity index is 406. The molecular weight excluding hydrogens is 220 g/mol. The summed E-state index contributed by atoms with van der Waals surface area (Å²) in [6, 6.07) is 8.18. The minimum absolute atomic E-state index is 0.171. The Morgan fingerprint density at radius 3 is 2.56 bits per heavy atom. The van der Waals surface area contributed by atoms with Gasteiger partial charge in [-0.2, -0.15) is 0 Å². The van der Waals surface area contributed by atoms with Gasteiger partial charge in [-0.25, -0.2) is 0 Å². The highest BCUT2D eigenvalue weighted by Crippen LogP contribution is 2.63. The number of benzene rings is 1. The van der Waals surface area contributed by atoms with Gasteiger partial charge < -0.3 is 10.6 Å². The van der Waals surface area contributed by atoms with Gasteiger partial charge in [0.05, 0.1) is 0 Å². The third kappa shape index (κ3) is 1.21. The molecule has 0 radical (unpaired) electrons. The summed E-state index contributed by atoms with van der Waals surface area (Å²) in [5.74, 6) is 1.42. The van der Waals surface area contributed by atoms with Crippen LogP contribution in [0.25, 0.3) is 0 Å². The van der Waals surface area contributed by atoms with Crippen molar-refractivity contribution in [3.05, 3.63) is 34.9 Å². The minimum Gasteiger partial charge on any atom is -0.330 e. The molecule has 2 unspecified atom stereocenters. The summed E-state index contributed by atoms with van der Waals surface area (Å²) in [6.07, 6.45) is 0. The predicted octanol–water partition coefficient (Wildman–Crippen LogP) is 1.73. The maximum Gasteiger partial charge on any atom is 0.0444 e. The van der Waals surface area contributed by atoms with E-state index in [0.717, 1.165) is 24.7 Å². The lowest BCUT2D eigenvalue weighted by molar-refractivity contribution is 0.326. The first-order chi connectivity index (χ1) is 7.70. The summed E-state index contributed by atoms with van der Waals surface area (Å²) in [6.45, 7) is 3.04. The molecule has 2 aliphatic rings. The van der Waals surface area contributed by atoms with Crippen molar-refractivity contribution in [3.63, 3.8) is 0 Å². The molecule has 2 atom stereocenters. The maximum absolute atomic E-state index is 6.31. The summed E-state index contributed by atoms with van der Waals surface area (Å²) < 4.78 is 0. The van der Waals surface area contributed by atoms with E-state index in [0.29, 0.717) is 11.8 Å². The molecule has 0 amide bonds. The van der Waals surface area contributed by atoms with Gasteiger partial charge in [0.2, 0.25) is 0 Å². The molecule has 1 aliphatic carbocycles. The van der Waals surface area contributed by atoms with Crippen LogP contribution >= 0.6 is 11.6 Å². The zero-order valence-electron chi connectivity index (χ0n) is 9.49. The molecule has 1 saturated heterocycles. The average Bonchev–Trinajstić information content (AvgIpc) is 2.66. The SMILES string of the molecule is CN1CC2C(C1)C2(CN)c1ccccc1Cl. The zero-order chi connectivity index (χ0) is 11.3. The Kier molecular flexibility index (Phi) is 2.29. The van der Waals surface area contributed by atoms with Crippen LogP contribution in [0.2, 0.25) is 5.02 Å². The minimum atomic E-state index is 0.171. The molecule has 1 aliphatic heterocycles. The first-order valence-electron chi connectivity index (χ1n) is 5.83. The number of nitrogens with zero attached hydrogens (tertiary/aromatic N) is 1. The van der Waals surface area contributed by atoms with Gasteiger partial charge in [-0.15, -0.1) is 0 Å². The normalized spacial score (nSPS) is 37.4. The van der Waals surface area contributed by atoms with Crippen LogP contribution in [0.4, 0.5) is 0 Å². The van der Waals surface area contributed by atoms with Crippen molar-refractivity contribution >= 4 is 11.6 Å². The largest absolute Gasteiger partial charge is 0.330 e. The molecular formula is C13H17ClN2. The molecule has 0 aromatic heterocycles. The maximum atomic E-state index is 6.31. The number of fused-ring (bicyclic) bond motifs is 1. The van der Waals surface area contributed by atoms with Crippen LogP contribution in [-0.4, -0.2) is 31.6 Å². The molecule has 1 heterocycles. The number of piperidine rings is 1. The zero-order valence-corrected chi connectivity index (χ0v) is 10.2. The second-order valence-corrected chi connectivity index (χ2v) is 5.57. The second kappa shape index (κ2) is 3.46. The van der Waals surface area contributed by atoms with E-state index >= 15 is 0 Å². The van der Waals surface area contributed by atoms with Gasteiger partial charge in [-0.1, -0.05) is 29.8 Å². The number of rotatable bonds is 2. The van der Waals surface area contributed by atoms with E-state index in [1.165, 1.54) is 5.56 Å². The summed E-state index contributed by atoms with van der Waals surface area (Å²) in [5, 5.41) is 0.880. The Morgan fingerprint density at radius 1 is 1.38 bits per heavy atom. The molecule has 16 heavy (non-hydrogen) atoms. The molecule has 2 N–H and O–H groups in total. The van der Waals surface area contributed by atoms with E-state index in [2.05, 4.69) is 24.1 Å². The third-order valence-corrected chi connectivity index (χ3v) is 4.76. The average molecular weight is 237 g/mol. The van der Waals surface area contributed by atoms with Crippen LogP contribution in [-0.2, 0) is 5.41 Å². The van der Waals surface area contributed by atoms with Crippen molar-refractivity contribution in [2.45, 2.75) is 5.41 Å². The fraction of sp³-hybridized carbons (Fsp3) is 0.538. The van der Waals surface area contributed by atoms with Gasteiger partial charge >= 0.3 is 0 Å². The highest BCUT2D eigenvalue weighted by Gasteiger charge is 2.67. The van der Waals surface area contributed by atoms with Crippen LogP contribution in [0.3, 0.4) is 0 Å².